The molecule has 0 aliphatic rings. The van der Waals surface area contributed by atoms with E-state index < -0.39 is 5.60 Å². The van der Waals surface area contributed by atoms with Crippen molar-refractivity contribution in [2.45, 2.75) is 12.5 Å². The third-order valence-corrected chi connectivity index (χ3v) is 4.54. The number of aromatic amines is 1. The fourth-order valence-electron chi connectivity index (χ4n) is 2.22. The van der Waals surface area contributed by atoms with Crippen molar-refractivity contribution in [3.63, 3.8) is 0 Å². The number of aliphatic hydroxyl groups is 1. The highest BCUT2D eigenvalue weighted by atomic mass is 32.1. The Morgan fingerprint density at radius 3 is 2.86 bits per heavy atom. The van der Waals surface area contributed by atoms with Crippen molar-refractivity contribution in [3.8, 4) is 0 Å². The molecule has 21 heavy (non-hydrogen) atoms. The summed E-state index contributed by atoms with van der Waals surface area (Å²) in [4.78, 5) is 16.1. The highest BCUT2D eigenvalue weighted by Gasteiger charge is 2.25. The summed E-state index contributed by atoms with van der Waals surface area (Å²) in [5.74, 6) is -0.219. The van der Waals surface area contributed by atoms with Crippen LogP contribution >= 0.6 is 11.3 Å². The van der Waals surface area contributed by atoms with Gasteiger partial charge < -0.3 is 15.4 Å². The Hall–Kier alpha value is -2.11. The number of para-hydroxylation sites is 1. The van der Waals surface area contributed by atoms with E-state index in [2.05, 4.69) is 10.3 Å². The van der Waals surface area contributed by atoms with Crippen molar-refractivity contribution in [1.82, 2.24) is 10.3 Å². The normalized spacial score (nSPS) is 14.0. The third kappa shape index (κ3) is 2.84. The molecule has 0 aliphatic heterocycles. The van der Waals surface area contributed by atoms with Crippen LogP contribution in [0.2, 0.25) is 0 Å². The van der Waals surface area contributed by atoms with E-state index >= 15 is 0 Å². The van der Waals surface area contributed by atoms with Gasteiger partial charge in [0.1, 0.15) is 11.3 Å². The molecule has 0 spiro atoms. The molecule has 1 atom stereocenters. The SMILES string of the molecule is C[C@](O)(CNC(=O)c1cc2ccccc2[nH]1)c1cccs1. The standard InChI is InChI=1S/C16H16N2O2S/c1-16(20,14-7-4-8-21-14)10-17-15(19)13-9-11-5-2-3-6-12(11)18-13/h2-9,18,20H,10H2,1H3,(H,17,19)/t16-/m0/s1. The van der Waals surface area contributed by atoms with Crippen molar-refractivity contribution in [3.05, 3.63) is 58.4 Å². The molecule has 0 fully saturated rings. The van der Waals surface area contributed by atoms with Crippen LogP contribution in [0.5, 0.6) is 0 Å². The van der Waals surface area contributed by atoms with Gasteiger partial charge in [-0.1, -0.05) is 24.3 Å². The van der Waals surface area contributed by atoms with Gasteiger partial charge in [-0.2, -0.15) is 0 Å². The molecule has 0 unspecified atom stereocenters. The number of thiophene rings is 1. The number of H-pyrrole nitrogens is 1. The molecule has 3 N–H and O–H groups in total. The fourth-order valence-corrected chi connectivity index (χ4v) is 3.00. The Balaban J connectivity index is 1.72. The molecule has 3 aromatic rings. The van der Waals surface area contributed by atoms with Crippen LogP contribution in [0.1, 0.15) is 22.3 Å². The van der Waals surface area contributed by atoms with E-state index in [1.165, 1.54) is 11.3 Å². The van der Waals surface area contributed by atoms with Crippen molar-refractivity contribution >= 4 is 28.1 Å². The van der Waals surface area contributed by atoms with E-state index in [9.17, 15) is 9.90 Å². The zero-order chi connectivity index (χ0) is 14.9. The van der Waals surface area contributed by atoms with Crippen LogP contribution in [0.3, 0.4) is 0 Å². The lowest BCUT2D eigenvalue weighted by atomic mass is 10.1. The number of fused-ring (bicyclic) bond motifs is 1. The van der Waals surface area contributed by atoms with Crippen LogP contribution in [-0.2, 0) is 5.60 Å². The number of rotatable bonds is 4. The largest absolute Gasteiger partial charge is 0.383 e. The summed E-state index contributed by atoms with van der Waals surface area (Å²) in [5.41, 5.74) is 0.362. The first-order valence-corrected chi connectivity index (χ1v) is 7.56. The average molecular weight is 300 g/mol. The van der Waals surface area contributed by atoms with E-state index in [1.54, 1.807) is 6.92 Å². The van der Waals surface area contributed by atoms with Gasteiger partial charge >= 0.3 is 0 Å². The number of aromatic nitrogens is 1. The Bertz CT molecular complexity index is 727. The van der Waals surface area contributed by atoms with Crippen LogP contribution in [0, 0.1) is 0 Å². The highest BCUT2D eigenvalue weighted by Crippen LogP contribution is 2.24. The molecule has 5 heteroatoms. The molecule has 108 valence electrons. The van der Waals surface area contributed by atoms with Gasteiger partial charge in [0.25, 0.3) is 5.91 Å². The summed E-state index contributed by atoms with van der Waals surface area (Å²) in [7, 11) is 0. The zero-order valence-corrected chi connectivity index (χ0v) is 12.4. The number of amides is 1. The predicted molar refractivity (Wildman–Crippen MR) is 84.5 cm³/mol. The predicted octanol–water partition coefficient (Wildman–Crippen LogP) is 2.87. The fraction of sp³-hybridized carbons (Fsp3) is 0.188. The second-order valence-corrected chi connectivity index (χ2v) is 6.15. The molecule has 0 radical (unpaired) electrons. The zero-order valence-electron chi connectivity index (χ0n) is 11.6. The van der Waals surface area contributed by atoms with Crippen molar-refractivity contribution < 1.29 is 9.90 Å². The lowest BCUT2D eigenvalue weighted by molar-refractivity contribution is 0.0555. The van der Waals surface area contributed by atoms with Gasteiger partial charge in [0.05, 0.1) is 6.54 Å². The van der Waals surface area contributed by atoms with Gasteiger partial charge in [-0.05, 0) is 30.5 Å². The molecular weight excluding hydrogens is 284 g/mol. The number of hydrogen-bond acceptors (Lipinski definition) is 3. The number of nitrogens with one attached hydrogen (secondary N) is 2. The van der Waals surface area contributed by atoms with Gasteiger partial charge in [-0.25, -0.2) is 0 Å². The van der Waals surface area contributed by atoms with Gasteiger partial charge in [0.15, 0.2) is 0 Å². The lowest BCUT2D eigenvalue weighted by Gasteiger charge is -2.22. The van der Waals surface area contributed by atoms with Crippen LogP contribution in [-0.4, -0.2) is 22.5 Å². The van der Waals surface area contributed by atoms with Crippen LogP contribution in [0.4, 0.5) is 0 Å². The summed E-state index contributed by atoms with van der Waals surface area (Å²) in [6.45, 7) is 1.87. The lowest BCUT2D eigenvalue weighted by Crippen LogP contribution is -2.38. The van der Waals surface area contributed by atoms with Gasteiger partial charge in [0.2, 0.25) is 0 Å². The highest BCUT2D eigenvalue weighted by molar-refractivity contribution is 7.10. The number of hydrogen-bond donors (Lipinski definition) is 3. The second-order valence-electron chi connectivity index (χ2n) is 5.20. The summed E-state index contributed by atoms with van der Waals surface area (Å²) in [6.07, 6.45) is 0. The Kier molecular flexibility index (Phi) is 3.53. The molecule has 0 saturated heterocycles. The minimum Gasteiger partial charge on any atom is -0.383 e. The number of benzene rings is 1. The first kappa shape index (κ1) is 13.9. The summed E-state index contributed by atoms with van der Waals surface area (Å²) in [5, 5.41) is 16.1. The smallest absolute Gasteiger partial charge is 0.267 e. The minimum absolute atomic E-state index is 0.168. The molecule has 2 aromatic heterocycles. The third-order valence-electron chi connectivity index (χ3n) is 3.42. The van der Waals surface area contributed by atoms with Crippen LogP contribution in [0.15, 0.2) is 47.8 Å². The molecule has 0 aliphatic carbocycles. The molecule has 1 amide bonds. The first-order chi connectivity index (χ1) is 10.1. The molecule has 4 nitrogen and oxygen atoms in total. The van der Waals surface area contributed by atoms with Crippen LogP contribution in [0.25, 0.3) is 10.9 Å². The summed E-state index contributed by atoms with van der Waals surface area (Å²) >= 11 is 1.47. The van der Waals surface area contributed by atoms with Gasteiger partial charge in [-0.3, -0.25) is 4.79 Å². The Morgan fingerprint density at radius 2 is 2.14 bits per heavy atom. The number of carbonyl (C=O) groups is 1. The van der Waals surface area contributed by atoms with Crippen molar-refractivity contribution in [1.29, 1.82) is 0 Å². The maximum Gasteiger partial charge on any atom is 0.267 e. The maximum absolute atomic E-state index is 12.2. The van der Waals surface area contributed by atoms with E-state index in [0.717, 1.165) is 15.8 Å². The van der Waals surface area contributed by atoms with E-state index in [-0.39, 0.29) is 12.5 Å². The monoisotopic (exact) mass is 300 g/mol. The quantitative estimate of drug-likeness (QED) is 0.693. The molecule has 3 rings (SSSR count). The molecule has 2 heterocycles. The second kappa shape index (κ2) is 5.35. The Labute approximate surface area is 126 Å². The van der Waals surface area contributed by atoms with Crippen molar-refractivity contribution in [2.24, 2.45) is 0 Å². The Morgan fingerprint density at radius 1 is 1.33 bits per heavy atom. The average Bonchev–Trinajstić information content (AvgIpc) is 3.13. The topological polar surface area (TPSA) is 65.1 Å². The van der Waals surface area contributed by atoms with Gasteiger partial charge in [0, 0.05) is 15.8 Å². The molecular formula is C16H16N2O2S. The van der Waals surface area contributed by atoms with Crippen LogP contribution < -0.4 is 5.32 Å². The van der Waals surface area contributed by atoms with E-state index in [0.29, 0.717) is 5.69 Å². The first-order valence-electron chi connectivity index (χ1n) is 6.68. The van der Waals surface area contributed by atoms with Crippen molar-refractivity contribution in [2.75, 3.05) is 6.54 Å². The molecule has 1 aromatic carbocycles. The summed E-state index contributed by atoms with van der Waals surface area (Å²) in [6, 6.07) is 13.3. The minimum atomic E-state index is -1.06. The van der Waals surface area contributed by atoms with Gasteiger partial charge in [-0.15, -0.1) is 11.3 Å². The molecule has 0 saturated carbocycles. The maximum atomic E-state index is 12.2. The van der Waals surface area contributed by atoms with E-state index in [4.69, 9.17) is 0 Å². The van der Waals surface area contributed by atoms with E-state index in [1.807, 2.05) is 47.8 Å². The summed E-state index contributed by atoms with van der Waals surface area (Å²) < 4.78 is 0. The number of carbonyl (C=O) groups excluding carboxylic acids is 1. The molecule has 0 bridgehead atoms.